The third-order valence-electron chi connectivity index (χ3n) is 2.16. The summed E-state index contributed by atoms with van der Waals surface area (Å²) in [6, 6.07) is 5.69. The van der Waals surface area contributed by atoms with E-state index in [0.29, 0.717) is 11.4 Å². The van der Waals surface area contributed by atoms with Crippen LogP contribution >= 0.6 is 11.3 Å². The van der Waals surface area contributed by atoms with Gasteiger partial charge in [0.15, 0.2) is 0 Å². The second-order valence-electron chi connectivity index (χ2n) is 3.61. The van der Waals surface area contributed by atoms with E-state index >= 15 is 0 Å². The van der Waals surface area contributed by atoms with Crippen LogP contribution in [-0.4, -0.2) is 29.0 Å². The summed E-state index contributed by atoms with van der Waals surface area (Å²) in [6.45, 7) is 2.04. The first-order valence-corrected chi connectivity index (χ1v) is 5.41. The smallest absolute Gasteiger partial charge is 0.110 e. The standard InChI is InChI=1S/C10H14N2O2S/c1-10(6-13,7-14)12-5-9-3-2-8(4-11)15-9/h2-3,12-14H,5-7H2,1H3. The van der Waals surface area contributed by atoms with Crippen molar-refractivity contribution in [3.63, 3.8) is 0 Å². The van der Waals surface area contributed by atoms with Crippen LogP contribution in [0.5, 0.6) is 0 Å². The van der Waals surface area contributed by atoms with Crippen LogP contribution in [0.25, 0.3) is 0 Å². The number of rotatable bonds is 5. The normalized spacial score (nSPS) is 11.3. The van der Waals surface area contributed by atoms with Crippen molar-refractivity contribution in [1.29, 1.82) is 5.26 Å². The molecule has 5 heteroatoms. The molecular weight excluding hydrogens is 212 g/mol. The highest BCUT2D eigenvalue weighted by Gasteiger charge is 2.21. The van der Waals surface area contributed by atoms with E-state index in [4.69, 9.17) is 15.5 Å². The number of nitrogens with zero attached hydrogens (tertiary/aromatic N) is 1. The van der Waals surface area contributed by atoms with Crippen molar-refractivity contribution in [1.82, 2.24) is 5.32 Å². The van der Waals surface area contributed by atoms with Crippen LogP contribution in [0.3, 0.4) is 0 Å². The summed E-state index contributed by atoms with van der Waals surface area (Å²) < 4.78 is 0. The quantitative estimate of drug-likeness (QED) is 0.681. The summed E-state index contributed by atoms with van der Waals surface area (Å²) in [7, 11) is 0. The van der Waals surface area contributed by atoms with E-state index in [2.05, 4.69) is 11.4 Å². The molecule has 0 radical (unpaired) electrons. The Kier molecular flexibility index (Phi) is 4.24. The van der Waals surface area contributed by atoms with Crippen molar-refractivity contribution >= 4 is 11.3 Å². The second-order valence-corrected chi connectivity index (χ2v) is 4.78. The van der Waals surface area contributed by atoms with Gasteiger partial charge in [0.05, 0.1) is 18.8 Å². The van der Waals surface area contributed by atoms with Gasteiger partial charge in [0.1, 0.15) is 10.9 Å². The summed E-state index contributed by atoms with van der Waals surface area (Å²) in [5, 5.41) is 29.8. The number of hydrogen-bond acceptors (Lipinski definition) is 5. The van der Waals surface area contributed by atoms with E-state index in [-0.39, 0.29) is 13.2 Å². The third-order valence-corrected chi connectivity index (χ3v) is 3.15. The monoisotopic (exact) mass is 226 g/mol. The minimum Gasteiger partial charge on any atom is -0.394 e. The summed E-state index contributed by atoms with van der Waals surface area (Å²) >= 11 is 1.41. The predicted octanol–water partition coefficient (Wildman–Crippen LogP) is 0.453. The molecule has 0 fully saturated rings. The highest BCUT2D eigenvalue weighted by Crippen LogP contribution is 2.16. The minimum atomic E-state index is -0.670. The first-order valence-electron chi connectivity index (χ1n) is 4.59. The van der Waals surface area contributed by atoms with Crippen LogP contribution in [0.4, 0.5) is 0 Å². The zero-order valence-electron chi connectivity index (χ0n) is 8.53. The number of nitrogens with one attached hydrogen (secondary N) is 1. The molecule has 0 aliphatic heterocycles. The zero-order chi connectivity index (χ0) is 11.3. The molecule has 0 aliphatic carbocycles. The molecule has 0 amide bonds. The third kappa shape index (κ3) is 3.29. The number of nitriles is 1. The van der Waals surface area contributed by atoms with Gasteiger partial charge >= 0.3 is 0 Å². The molecule has 1 heterocycles. The minimum absolute atomic E-state index is 0.125. The van der Waals surface area contributed by atoms with Crippen molar-refractivity contribution in [2.45, 2.75) is 19.0 Å². The fourth-order valence-corrected chi connectivity index (χ4v) is 1.74. The van der Waals surface area contributed by atoms with Gasteiger partial charge < -0.3 is 15.5 Å². The van der Waals surface area contributed by atoms with E-state index in [1.54, 1.807) is 13.0 Å². The molecule has 3 N–H and O–H groups in total. The van der Waals surface area contributed by atoms with Crippen LogP contribution in [0.2, 0.25) is 0 Å². The Balaban J connectivity index is 2.53. The van der Waals surface area contributed by atoms with Crippen LogP contribution in [0.15, 0.2) is 12.1 Å². The summed E-state index contributed by atoms with van der Waals surface area (Å²) in [4.78, 5) is 1.68. The molecule has 82 valence electrons. The fourth-order valence-electron chi connectivity index (χ4n) is 0.995. The van der Waals surface area contributed by atoms with Gasteiger partial charge in [-0.2, -0.15) is 5.26 Å². The number of thiophene rings is 1. The molecule has 0 bridgehead atoms. The Bertz CT molecular complexity index is 353. The van der Waals surface area contributed by atoms with Crippen LogP contribution in [-0.2, 0) is 6.54 Å². The average Bonchev–Trinajstić information content (AvgIpc) is 2.74. The largest absolute Gasteiger partial charge is 0.394 e. The molecule has 0 aliphatic rings. The van der Waals surface area contributed by atoms with Gasteiger partial charge in [-0.15, -0.1) is 11.3 Å². The highest BCUT2D eigenvalue weighted by atomic mass is 32.1. The molecule has 0 spiro atoms. The number of aliphatic hydroxyl groups excluding tert-OH is 2. The molecule has 0 saturated carbocycles. The predicted molar refractivity (Wildman–Crippen MR) is 58.5 cm³/mol. The Morgan fingerprint density at radius 3 is 2.60 bits per heavy atom. The topological polar surface area (TPSA) is 76.3 Å². The van der Waals surface area contributed by atoms with Gasteiger partial charge in [-0.25, -0.2) is 0 Å². The molecule has 0 unspecified atom stereocenters. The van der Waals surface area contributed by atoms with Gasteiger partial charge in [0.2, 0.25) is 0 Å². The molecule has 1 aromatic rings. The van der Waals surface area contributed by atoms with E-state index in [9.17, 15) is 0 Å². The molecular formula is C10H14N2O2S. The summed E-state index contributed by atoms with van der Waals surface area (Å²) in [5.41, 5.74) is -0.670. The maximum atomic E-state index is 9.04. The first-order chi connectivity index (χ1) is 7.13. The molecule has 15 heavy (non-hydrogen) atoms. The summed E-state index contributed by atoms with van der Waals surface area (Å²) in [5.74, 6) is 0. The molecule has 0 aromatic carbocycles. The van der Waals surface area contributed by atoms with Gasteiger partial charge in [0, 0.05) is 11.4 Å². The second kappa shape index (κ2) is 5.24. The van der Waals surface area contributed by atoms with Crippen molar-refractivity contribution in [3.05, 3.63) is 21.9 Å². The first kappa shape index (κ1) is 12.1. The Labute approximate surface area is 92.8 Å². The van der Waals surface area contributed by atoms with Gasteiger partial charge in [-0.1, -0.05) is 0 Å². The van der Waals surface area contributed by atoms with Gasteiger partial charge in [-0.3, -0.25) is 0 Å². The lowest BCUT2D eigenvalue weighted by Crippen LogP contribution is -2.48. The van der Waals surface area contributed by atoms with Crippen molar-refractivity contribution in [2.75, 3.05) is 13.2 Å². The van der Waals surface area contributed by atoms with E-state index < -0.39 is 5.54 Å². The lowest BCUT2D eigenvalue weighted by Gasteiger charge is -2.25. The molecule has 1 aromatic heterocycles. The number of aliphatic hydroxyl groups is 2. The molecule has 0 saturated heterocycles. The Morgan fingerprint density at radius 1 is 1.47 bits per heavy atom. The Morgan fingerprint density at radius 2 is 2.13 bits per heavy atom. The van der Waals surface area contributed by atoms with Crippen molar-refractivity contribution in [3.8, 4) is 6.07 Å². The van der Waals surface area contributed by atoms with Gasteiger partial charge in [0.25, 0.3) is 0 Å². The lowest BCUT2D eigenvalue weighted by atomic mass is 10.1. The Hall–Kier alpha value is -0.930. The SMILES string of the molecule is CC(CO)(CO)NCc1ccc(C#N)s1. The fraction of sp³-hybridized carbons (Fsp3) is 0.500. The van der Waals surface area contributed by atoms with E-state index in [0.717, 1.165) is 4.88 Å². The maximum absolute atomic E-state index is 9.04. The number of hydrogen-bond donors (Lipinski definition) is 3. The van der Waals surface area contributed by atoms with E-state index in [1.807, 2.05) is 6.07 Å². The van der Waals surface area contributed by atoms with Crippen LogP contribution < -0.4 is 5.32 Å². The zero-order valence-corrected chi connectivity index (χ0v) is 9.34. The highest BCUT2D eigenvalue weighted by molar-refractivity contribution is 7.12. The van der Waals surface area contributed by atoms with Gasteiger partial charge in [-0.05, 0) is 19.1 Å². The molecule has 4 nitrogen and oxygen atoms in total. The van der Waals surface area contributed by atoms with Crippen LogP contribution in [0.1, 0.15) is 16.7 Å². The van der Waals surface area contributed by atoms with Crippen LogP contribution in [0, 0.1) is 11.3 Å². The molecule has 0 atom stereocenters. The molecule has 1 rings (SSSR count). The lowest BCUT2D eigenvalue weighted by molar-refractivity contribution is 0.103. The van der Waals surface area contributed by atoms with Crippen molar-refractivity contribution < 1.29 is 10.2 Å². The summed E-state index contributed by atoms with van der Waals surface area (Å²) in [6.07, 6.45) is 0. The van der Waals surface area contributed by atoms with E-state index in [1.165, 1.54) is 11.3 Å². The maximum Gasteiger partial charge on any atom is 0.110 e. The average molecular weight is 226 g/mol. The van der Waals surface area contributed by atoms with Crippen molar-refractivity contribution in [2.24, 2.45) is 0 Å².